The van der Waals surface area contributed by atoms with Crippen LogP contribution in [0.2, 0.25) is 0 Å². The standard InChI is InChI=1S/C12H16N2O3S/c1-14(12(17)10(13)7-11(15)16)8-3-5-9(18-2)6-4-8/h3-6,10H,7,13H2,1-2H3,(H,15,16). The molecule has 0 radical (unpaired) electrons. The molecule has 0 aliphatic rings. The Morgan fingerprint density at radius 2 is 1.94 bits per heavy atom. The molecule has 3 N–H and O–H groups in total. The molecule has 0 bridgehead atoms. The number of carboxylic acids is 1. The third-order valence-corrected chi connectivity index (χ3v) is 3.25. The van der Waals surface area contributed by atoms with Gasteiger partial charge in [0, 0.05) is 17.6 Å². The largest absolute Gasteiger partial charge is 0.481 e. The van der Waals surface area contributed by atoms with Gasteiger partial charge in [-0.15, -0.1) is 11.8 Å². The quantitative estimate of drug-likeness (QED) is 0.783. The van der Waals surface area contributed by atoms with Crippen LogP contribution in [-0.4, -0.2) is 36.3 Å². The Bertz CT molecular complexity index is 433. The van der Waals surface area contributed by atoms with Crippen LogP contribution in [0.4, 0.5) is 5.69 Å². The molecule has 98 valence electrons. The highest BCUT2D eigenvalue weighted by atomic mass is 32.2. The van der Waals surface area contributed by atoms with Gasteiger partial charge in [-0.1, -0.05) is 0 Å². The first-order chi connectivity index (χ1) is 8.45. The topological polar surface area (TPSA) is 83.6 Å². The third-order valence-electron chi connectivity index (χ3n) is 2.50. The Labute approximate surface area is 110 Å². The average Bonchev–Trinajstić information content (AvgIpc) is 2.36. The lowest BCUT2D eigenvalue weighted by Gasteiger charge is -2.20. The Morgan fingerprint density at radius 3 is 2.39 bits per heavy atom. The van der Waals surface area contributed by atoms with Gasteiger partial charge in [0.25, 0.3) is 0 Å². The molecule has 18 heavy (non-hydrogen) atoms. The van der Waals surface area contributed by atoms with Gasteiger partial charge < -0.3 is 15.7 Å². The summed E-state index contributed by atoms with van der Waals surface area (Å²) in [5, 5.41) is 8.60. The predicted octanol–water partition coefficient (Wildman–Crippen LogP) is 1.17. The lowest BCUT2D eigenvalue weighted by Crippen LogP contribution is -2.43. The van der Waals surface area contributed by atoms with Crippen molar-refractivity contribution >= 4 is 29.3 Å². The zero-order valence-electron chi connectivity index (χ0n) is 10.3. The summed E-state index contributed by atoms with van der Waals surface area (Å²) in [6, 6.07) is 6.38. The number of carbonyl (C=O) groups excluding carboxylic acids is 1. The van der Waals surface area contributed by atoms with Crippen LogP contribution in [0.1, 0.15) is 6.42 Å². The van der Waals surface area contributed by atoms with Gasteiger partial charge in [-0.2, -0.15) is 0 Å². The fourth-order valence-corrected chi connectivity index (χ4v) is 1.87. The number of rotatable bonds is 5. The van der Waals surface area contributed by atoms with Crippen LogP contribution in [0.25, 0.3) is 0 Å². The maximum Gasteiger partial charge on any atom is 0.305 e. The van der Waals surface area contributed by atoms with Crippen LogP contribution in [0, 0.1) is 0 Å². The molecule has 1 amide bonds. The molecular formula is C12H16N2O3S. The molecule has 0 aliphatic carbocycles. The number of aliphatic carboxylic acids is 1. The van der Waals surface area contributed by atoms with E-state index in [-0.39, 0.29) is 6.42 Å². The summed E-state index contributed by atoms with van der Waals surface area (Å²) in [5.74, 6) is -1.49. The molecule has 0 spiro atoms. The van der Waals surface area contributed by atoms with Crippen molar-refractivity contribution in [3.8, 4) is 0 Å². The second-order valence-electron chi connectivity index (χ2n) is 3.80. The molecule has 0 aromatic heterocycles. The third kappa shape index (κ3) is 3.75. The van der Waals surface area contributed by atoms with Gasteiger partial charge >= 0.3 is 5.97 Å². The van der Waals surface area contributed by atoms with Crippen LogP contribution in [0.5, 0.6) is 0 Å². The SMILES string of the molecule is CSc1ccc(N(C)C(=O)C(N)CC(=O)O)cc1. The average molecular weight is 268 g/mol. The Balaban J connectivity index is 2.75. The summed E-state index contributed by atoms with van der Waals surface area (Å²) in [4.78, 5) is 24.8. The van der Waals surface area contributed by atoms with Crippen molar-refractivity contribution in [2.24, 2.45) is 5.73 Å². The van der Waals surface area contributed by atoms with E-state index in [0.29, 0.717) is 5.69 Å². The number of likely N-dealkylation sites (N-methyl/N-ethyl adjacent to an activating group) is 1. The second kappa shape index (κ2) is 6.42. The van der Waals surface area contributed by atoms with Gasteiger partial charge in [-0.3, -0.25) is 9.59 Å². The molecule has 1 aromatic rings. The van der Waals surface area contributed by atoms with Crippen LogP contribution in [0.3, 0.4) is 0 Å². The molecule has 0 aliphatic heterocycles. The Hall–Kier alpha value is -1.53. The van der Waals surface area contributed by atoms with E-state index in [2.05, 4.69) is 0 Å². The summed E-state index contributed by atoms with van der Waals surface area (Å²) in [7, 11) is 1.58. The minimum atomic E-state index is -1.08. The normalized spacial score (nSPS) is 11.9. The highest BCUT2D eigenvalue weighted by molar-refractivity contribution is 7.98. The monoisotopic (exact) mass is 268 g/mol. The van der Waals surface area contributed by atoms with E-state index in [0.717, 1.165) is 4.90 Å². The fraction of sp³-hybridized carbons (Fsp3) is 0.333. The number of anilines is 1. The number of benzene rings is 1. The molecule has 1 rings (SSSR count). The lowest BCUT2D eigenvalue weighted by molar-refractivity contribution is -0.139. The molecule has 1 atom stereocenters. The van der Waals surface area contributed by atoms with Crippen LogP contribution in [0.15, 0.2) is 29.2 Å². The highest BCUT2D eigenvalue weighted by Crippen LogP contribution is 2.20. The summed E-state index contributed by atoms with van der Waals surface area (Å²) in [6.07, 6.45) is 1.60. The van der Waals surface area contributed by atoms with Crippen molar-refractivity contribution in [1.29, 1.82) is 0 Å². The molecule has 1 unspecified atom stereocenters. The van der Waals surface area contributed by atoms with E-state index in [1.807, 2.05) is 18.4 Å². The van der Waals surface area contributed by atoms with Gasteiger partial charge in [-0.05, 0) is 30.5 Å². The van der Waals surface area contributed by atoms with Gasteiger partial charge in [0.15, 0.2) is 0 Å². The van der Waals surface area contributed by atoms with Gasteiger partial charge in [-0.25, -0.2) is 0 Å². The van der Waals surface area contributed by atoms with Gasteiger partial charge in [0.2, 0.25) is 5.91 Å². The number of hydrogen-bond acceptors (Lipinski definition) is 4. The first-order valence-corrected chi connectivity index (χ1v) is 6.57. The van der Waals surface area contributed by atoms with Crippen molar-refractivity contribution in [2.45, 2.75) is 17.4 Å². The summed E-state index contributed by atoms with van der Waals surface area (Å²) in [6.45, 7) is 0. The van der Waals surface area contributed by atoms with E-state index in [1.54, 1.807) is 30.9 Å². The maximum absolute atomic E-state index is 11.9. The molecule has 1 aromatic carbocycles. The maximum atomic E-state index is 11.9. The number of carboxylic acid groups (broad SMARTS) is 1. The first kappa shape index (κ1) is 14.5. The smallest absolute Gasteiger partial charge is 0.305 e. The number of nitrogens with zero attached hydrogens (tertiary/aromatic N) is 1. The highest BCUT2D eigenvalue weighted by Gasteiger charge is 2.21. The van der Waals surface area contributed by atoms with E-state index in [1.165, 1.54) is 4.90 Å². The molecule has 0 fully saturated rings. The Morgan fingerprint density at radius 1 is 1.39 bits per heavy atom. The zero-order valence-corrected chi connectivity index (χ0v) is 11.1. The van der Waals surface area contributed by atoms with Crippen molar-refractivity contribution < 1.29 is 14.7 Å². The molecule has 0 saturated carbocycles. The number of thioether (sulfide) groups is 1. The van der Waals surface area contributed by atoms with Gasteiger partial charge in [0.05, 0.1) is 12.5 Å². The van der Waals surface area contributed by atoms with E-state index in [9.17, 15) is 9.59 Å². The minimum Gasteiger partial charge on any atom is -0.481 e. The van der Waals surface area contributed by atoms with E-state index >= 15 is 0 Å². The van der Waals surface area contributed by atoms with E-state index in [4.69, 9.17) is 10.8 Å². The number of amides is 1. The van der Waals surface area contributed by atoms with Crippen molar-refractivity contribution in [3.05, 3.63) is 24.3 Å². The van der Waals surface area contributed by atoms with Crippen LogP contribution < -0.4 is 10.6 Å². The molecule has 0 saturated heterocycles. The lowest BCUT2D eigenvalue weighted by atomic mass is 10.2. The van der Waals surface area contributed by atoms with Crippen molar-refractivity contribution in [2.75, 3.05) is 18.2 Å². The first-order valence-electron chi connectivity index (χ1n) is 5.34. The summed E-state index contributed by atoms with van der Waals surface area (Å²) >= 11 is 1.61. The minimum absolute atomic E-state index is 0.369. The zero-order chi connectivity index (χ0) is 13.7. The fourth-order valence-electron chi connectivity index (χ4n) is 1.46. The summed E-state index contributed by atoms with van der Waals surface area (Å²) in [5.41, 5.74) is 6.23. The number of hydrogen-bond donors (Lipinski definition) is 2. The second-order valence-corrected chi connectivity index (χ2v) is 4.68. The van der Waals surface area contributed by atoms with Crippen LogP contribution >= 0.6 is 11.8 Å². The number of nitrogens with two attached hydrogens (primary N) is 1. The molecule has 5 nitrogen and oxygen atoms in total. The molecule has 0 heterocycles. The predicted molar refractivity (Wildman–Crippen MR) is 71.9 cm³/mol. The van der Waals surface area contributed by atoms with Crippen LogP contribution in [-0.2, 0) is 9.59 Å². The van der Waals surface area contributed by atoms with Crippen molar-refractivity contribution in [1.82, 2.24) is 0 Å². The Kier molecular flexibility index (Phi) is 5.18. The molecular weight excluding hydrogens is 252 g/mol. The van der Waals surface area contributed by atoms with E-state index < -0.39 is 17.9 Å². The summed E-state index contributed by atoms with van der Waals surface area (Å²) < 4.78 is 0. The van der Waals surface area contributed by atoms with Gasteiger partial charge in [0.1, 0.15) is 0 Å². The molecule has 6 heteroatoms. The number of carbonyl (C=O) groups is 2. The van der Waals surface area contributed by atoms with Crippen molar-refractivity contribution in [3.63, 3.8) is 0 Å².